The highest BCUT2D eigenvalue weighted by Gasteiger charge is 2.34. The second-order valence-corrected chi connectivity index (χ2v) is 5.84. The number of nitrogens with two attached hydrogens (primary N) is 2. The lowest BCUT2D eigenvalue weighted by Crippen LogP contribution is -2.33. The van der Waals surface area contributed by atoms with Crippen LogP contribution in [0, 0.1) is 23.3 Å². The lowest BCUT2D eigenvalue weighted by molar-refractivity contribution is 0.405. The highest BCUT2D eigenvalue weighted by atomic mass is 19.2. The maximum absolute atomic E-state index is 13.9. The number of fused-ring (bicyclic) bond motifs is 1. The quantitative estimate of drug-likeness (QED) is 0.127. The van der Waals surface area contributed by atoms with Gasteiger partial charge in [0.2, 0.25) is 0 Å². The molecule has 0 amide bonds. The molecule has 24 heavy (non-hydrogen) atoms. The van der Waals surface area contributed by atoms with Gasteiger partial charge < -0.3 is 16.8 Å². The van der Waals surface area contributed by atoms with Crippen LogP contribution < -0.4 is 27.4 Å². The van der Waals surface area contributed by atoms with Crippen molar-refractivity contribution in [2.75, 3.05) is 25.0 Å². The molecule has 2 aliphatic heterocycles. The highest BCUT2D eigenvalue weighted by molar-refractivity contribution is 5.82. The molecule has 0 bridgehead atoms. The van der Waals surface area contributed by atoms with Crippen molar-refractivity contribution in [3.05, 3.63) is 28.8 Å². The van der Waals surface area contributed by atoms with Gasteiger partial charge >= 0.3 is 0 Å². The van der Waals surface area contributed by atoms with E-state index in [0.717, 1.165) is 0 Å². The van der Waals surface area contributed by atoms with Crippen molar-refractivity contribution < 1.29 is 17.6 Å². The van der Waals surface area contributed by atoms with Crippen molar-refractivity contribution in [1.82, 2.24) is 10.6 Å². The summed E-state index contributed by atoms with van der Waals surface area (Å²) in [5, 5.41) is 8.53. The van der Waals surface area contributed by atoms with Crippen LogP contribution in [-0.4, -0.2) is 37.8 Å². The van der Waals surface area contributed by atoms with Crippen LogP contribution in [0.5, 0.6) is 0 Å². The maximum atomic E-state index is 13.9. The first-order valence-corrected chi connectivity index (χ1v) is 7.53. The first-order valence-electron chi connectivity index (χ1n) is 7.53. The van der Waals surface area contributed by atoms with Gasteiger partial charge in [0, 0.05) is 24.6 Å². The molecule has 3 unspecified atom stereocenters. The van der Waals surface area contributed by atoms with E-state index in [1.807, 2.05) is 0 Å². The fourth-order valence-corrected chi connectivity index (χ4v) is 2.75. The van der Waals surface area contributed by atoms with Gasteiger partial charge in [-0.1, -0.05) is 0 Å². The number of nitrogens with one attached hydrogen (secondary N) is 3. The zero-order chi connectivity index (χ0) is 17.4. The number of hydrogen-bond acceptors (Lipinski definition) is 5. The van der Waals surface area contributed by atoms with Crippen LogP contribution in [0.3, 0.4) is 0 Å². The number of benzene rings is 1. The molecule has 2 aliphatic rings. The first kappa shape index (κ1) is 16.9. The fraction of sp³-hybridized carbons (Fsp3) is 0.500. The largest absolute Gasteiger partial charge is 0.386 e. The average molecular weight is 346 g/mol. The van der Waals surface area contributed by atoms with Crippen LogP contribution in [-0.2, 0) is 0 Å². The smallest absolute Gasteiger partial charge is 0.199 e. The summed E-state index contributed by atoms with van der Waals surface area (Å²) in [5.41, 5.74) is 10.8. The third-order valence-electron chi connectivity index (χ3n) is 4.15. The van der Waals surface area contributed by atoms with Gasteiger partial charge in [0.05, 0.1) is 24.6 Å². The van der Waals surface area contributed by atoms with Crippen molar-refractivity contribution in [3.63, 3.8) is 0 Å². The third-order valence-corrected chi connectivity index (χ3v) is 4.15. The van der Waals surface area contributed by atoms with Gasteiger partial charge in [-0.3, -0.25) is 15.6 Å². The Labute approximate surface area is 135 Å². The van der Waals surface area contributed by atoms with E-state index < -0.39 is 29.2 Å². The van der Waals surface area contributed by atoms with Crippen LogP contribution in [0.1, 0.15) is 17.9 Å². The Morgan fingerprint density at radius 1 is 1.17 bits per heavy atom. The molecule has 1 aromatic carbocycles. The van der Waals surface area contributed by atoms with Crippen LogP contribution in [0.25, 0.3) is 0 Å². The van der Waals surface area contributed by atoms with Crippen LogP contribution in [0.4, 0.5) is 23.2 Å². The first-order chi connectivity index (χ1) is 11.4. The second-order valence-electron chi connectivity index (χ2n) is 5.84. The number of amidine groups is 1. The van der Waals surface area contributed by atoms with E-state index in [1.54, 1.807) is 0 Å². The fourth-order valence-electron chi connectivity index (χ4n) is 2.75. The molecule has 2 heterocycles. The van der Waals surface area contributed by atoms with Gasteiger partial charge in [-0.25, -0.2) is 17.6 Å². The molecule has 6 nitrogen and oxygen atoms in total. The van der Waals surface area contributed by atoms with E-state index in [1.165, 1.54) is 0 Å². The standard InChI is InChI=1S/C14H18F4N6/c15-8-7-5(3-22-12(7)11(18)10(17)9(8)16)1-2-21-6(19)4-23-14-13(20)24-14/h5,13-14,22-24H,1-4,20H2,(H2,19,21). The number of aliphatic imine (C=N–C) groups is 1. The van der Waals surface area contributed by atoms with E-state index in [9.17, 15) is 17.6 Å². The number of hydrogen-bond donors (Lipinski definition) is 5. The molecule has 0 aliphatic carbocycles. The Kier molecular flexibility index (Phi) is 4.61. The van der Waals surface area contributed by atoms with Crippen molar-refractivity contribution in [3.8, 4) is 0 Å². The molecule has 7 N–H and O–H groups in total. The summed E-state index contributed by atoms with van der Waals surface area (Å²) < 4.78 is 54.2. The molecular weight excluding hydrogens is 328 g/mol. The number of halogens is 4. The van der Waals surface area contributed by atoms with Crippen molar-refractivity contribution >= 4 is 11.5 Å². The highest BCUT2D eigenvalue weighted by Crippen LogP contribution is 2.39. The molecular formula is C14H18F4N6. The summed E-state index contributed by atoms with van der Waals surface area (Å²) in [4.78, 5) is 4.13. The minimum absolute atomic E-state index is 0.0135. The van der Waals surface area contributed by atoms with Crippen LogP contribution >= 0.6 is 0 Å². The number of rotatable bonds is 6. The normalized spacial score (nSPS) is 25.5. The average Bonchev–Trinajstić information content (AvgIpc) is 3.10. The van der Waals surface area contributed by atoms with Gasteiger partial charge in [-0.15, -0.1) is 0 Å². The second kappa shape index (κ2) is 6.54. The summed E-state index contributed by atoms with van der Waals surface area (Å²) in [6, 6.07) is 0. The molecule has 1 fully saturated rings. The Bertz CT molecular complexity index is 680. The molecule has 0 saturated carbocycles. The van der Waals surface area contributed by atoms with Crippen LogP contribution in [0.2, 0.25) is 0 Å². The van der Waals surface area contributed by atoms with Gasteiger partial charge in [0.25, 0.3) is 0 Å². The SMILES string of the molecule is NC(CNC1NC1N)=NCCC1CNc2c(F)c(F)c(F)c(F)c21. The third kappa shape index (κ3) is 3.17. The van der Waals surface area contributed by atoms with Crippen molar-refractivity contribution in [2.24, 2.45) is 16.5 Å². The summed E-state index contributed by atoms with van der Waals surface area (Å²) in [6.07, 6.45) is 0.246. The predicted octanol–water partition coefficient (Wildman–Crippen LogP) is 0.303. The summed E-state index contributed by atoms with van der Waals surface area (Å²) in [5.74, 6) is -6.51. The van der Waals surface area contributed by atoms with E-state index >= 15 is 0 Å². The van der Waals surface area contributed by atoms with E-state index in [2.05, 4.69) is 20.9 Å². The van der Waals surface area contributed by atoms with Gasteiger partial charge in [0.1, 0.15) is 5.84 Å². The number of anilines is 1. The zero-order valence-electron chi connectivity index (χ0n) is 12.7. The van der Waals surface area contributed by atoms with Gasteiger partial charge in [-0.05, 0) is 6.42 Å². The Morgan fingerprint density at radius 3 is 2.50 bits per heavy atom. The zero-order valence-corrected chi connectivity index (χ0v) is 12.7. The molecule has 1 saturated heterocycles. The monoisotopic (exact) mass is 346 g/mol. The molecule has 10 heteroatoms. The van der Waals surface area contributed by atoms with Gasteiger partial charge in [-0.2, -0.15) is 0 Å². The van der Waals surface area contributed by atoms with E-state index in [-0.39, 0.29) is 36.7 Å². The molecule has 0 spiro atoms. The minimum atomic E-state index is -1.81. The Hall–Kier alpha value is -1.91. The molecule has 0 aromatic heterocycles. The molecule has 0 radical (unpaired) electrons. The van der Waals surface area contributed by atoms with Gasteiger partial charge in [0.15, 0.2) is 23.3 Å². The Morgan fingerprint density at radius 2 is 1.83 bits per heavy atom. The lowest BCUT2D eigenvalue weighted by Gasteiger charge is -2.11. The number of nitrogens with zero attached hydrogens (tertiary/aromatic N) is 1. The van der Waals surface area contributed by atoms with E-state index in [4.69, 9.17) is 11.5 Å². The summed E-state index contributed by atoms with van der Waals surface area (Å²) in [6.45, 7) is 0.776. The maximum Gasteiger partial charge on any atom is 0.199 e. The van der Waals surface area contributed by atoms with E-state index in [0.29, 0.717) is 18.8 Å². The summed E-state index contributed by atoms with van der Waals surface area (Å²) in [7, 11) is 0. The molecule has 132 valence electrons. The molecule has 3 rings (SSSR count). The van der Waals surface area contributed by atoms with Crippen molar-refractivity contribution in [2.45, 2.75) is 24.7 Å². The molecule has 3 atom stereocenters. The predicted molar refractivity (Wildman–Crippen MR) is 81.5 cm³/mol. The van der Waals surface area contributed by atoms with Crippen molar-refractivity contribution in [1.29, 1.82) is 0 Å². The lowest BCUT2D eigenvalue weighted by atomic mass is 9.97. The van der Waals surface area contributed by atoms with Crippen LogP contribution in [0.15, 0.2) is 4.99 Å². The minimum Gasteiger partial charge on any atom is -0.386 e. The summed E-state index contributed by atoms with van der Waals surface area (Å²) >= 11 is 0. The Balaban J connectivity index is 1.60. The molecule has 1 aromatic rings. The topological polar surface area (TPSA) is 110 Å².